The maximum absolute atomic E-state index is 13.5. The average molecular weight is 326 g/mol. The Bertz CT molecular complexity index is 804. The molecule has 122 valence electrons. The second-order valence-corrected chi connectivity index (χ2v) is 4.89. The molecule has 0 atom stereocenters. The van der Waals surface area contributed by atoms with Crippen molar-refractivity contribution >= 4 is 11.7 Å². The molecule has 2 N–H and O–H groups in total. The van der Waals surface area contributed by atoms with Crippen molar-refractivity contribution in [3.8, 4) is 5.82 Å². The quantitative estimate of drug-likeness (QED) is 0.673. The van der Waals surface area contributed by atoms with Gasteiger partial charge in [-0.2, -0.15) is 5.10 Å². The molecule has 0 saturated carbocycles. The van der Waals surface area contributed by atoms with Crippen LogP contribution in [0.25, 0.3) is 5.82 Å². The fourth-order valence-corrected chi connectivity index (χ4v) is 2.05. The third-order valence-electron chi connectivity index (χ3n) is 3.22. The number of aromatic nitrogens is 4. The van der Waals surface area contributed by atoms with Crippen LogP contribution in [0.5, 0.6) is 0 Å². The van der Waals surface area contributed by atoms with Crippen LogP contribution in [0.15, 0.2) is 54.9 Å². The molecule has 0 spiro atoms. The van der Waals surface area contributed by atoms with E-state index < -0.39 is 11.7 Å². The van der Waals surface area contributed by atoms with Gasteiger partial charge >= 0.3 is 0 Å². The van der Waals surface area contributed by atoms with Crippen molar-refractivity contribution in [2.24, 2.45) is 0 Å². The van der Waals surface area contributed by atoms with Crippen molar-refractivity contribution in [1.29, 1.82) is 0 Å². The largest absolute Gasteiger partial charge is 0.367 e. The SMILES string of the molecule is O=C(NCCNc1ccc(-n2cccn2)nn1)c1ccccc1F. The van der Waals surface area contributed by atoms with Gasteiger partial charge in [-0.25, -0.2) is 9.07 Å². The van der Waals surface area contributed by atoms with E-state index in [1.165, 1.54) is 12.1 Å². The molecule has 8 heteroatoms. The van der Waals surface area contributed by atoms with E-state index in [-0.39, 0.29) is 5.56 Å². The van der Waals surface area contributed by atoms with Crippen LogP contribution in [0.3, 0.4) is 0 Å². The van der Waals surface area contributed by atoms with E-state index in [1.54, 1.807) is 47.4 Å². The maximum atomic E-state index is 13.5. The number of rotatable bonds is 6. The van der Waals surface area contributed by atoms with Crippen molar-refractivity contribution in [2.45, 2.75) is 0 Å². The van der Waals surface area contributed by atoms with Crippen molar-refractivity contribution < 1.29 is 9.18 Å². The third kappa shape index (κ3) is 3.72. The number of hydrogen-bond acceptors (Lipinski definition) is 5. The summed E-state index contributed by atoms with van der Waals surface area (Å²) in [5.74, 6) is 0.197. The Balaban J connectivity index is 1.47. The van der Waals surface area contributed by atoms with Gasteiger partial charge in [0.25, 0.3) is 5.91 Å². The highest BCUT2D eigenvalue weighted by molar-refractivity contribution is 5.94. The van der Waals surface area contributed by atoms with E-state index in [2.05, 4.69) is 25.9 Å². The molecule has 0 aliphatic rings. The fourth-order valence-electron chi connectivity index (χ4n) is 2.05. The number of nitrogens with one attached hydrogen (secondary N) is 2. The van der Waals surface area contributed by atoms with E-state index in [4.69, 9.17) is 0 Å². The molecular formula is C16H15FN6O. The molecule has 0 radical (unpaired) electrons. The number of halogens is 1. The molecule has 0 bridgehead atoms. The highest BCUT2D eigenvalue weighted by atomic mass is 19.1. The summed E-state index contributed by atoms with van der Waals surface area (Å²) in [6.45, 7) is 0.770. The zero-order chi connectivity index (χ0) is 16.8. The Morgan fingerprint density at radius 1 is 1.08 bits per heavy atom. The summed E-state index contributed by atoms with van der Waals surface area (Å²) in [6.07, 6.45) is 3.43. The Morgan fingerprint density at radius 2 is 1.96 bits per heavy atom. The zero-order valence-electron chi connectivity index (χ0n) is 12.7. The molecule has 7 nitrogen and oxygen atoms in total. The van der Waals surface area contributed by atoms with Crippen LogP contribution in [0.2, 0.25) is 0 Å². The lowest BCUT2D eigenvalue weighted by Gasteiger charge is -2.08. The molecule has 2 heterocycles. The molecule has 3 rings (SSSR count). The van der Waals surface area contributed by atoms with Gasteiger partial charge in [0.1, 0.15) is 11.6 Å². The van der Waals surface area contributed by atoms with Gasteiger partial charge in [-0.05, 0) is 30.3 Å². The first-order valence-corrected chi connectivity index (χ1v) is 7.34. The first-order chi connectivity index (χ1) is 11.7. The molecular weight excluding hydrogens is 311 g/mol. The van der Waals surface area contributed by atoms with E-state index in [0.29, 0.717) is 24.7 Å². The number of carbonyl (C=O) groups excluding carboxylic acids is 1. The van der Waals surface area contributed by atoms with Gasteiger partial charge in [0, 0.05) is 25.5 Å². The fraction of sp³-hybridized carbons (Fsp3) is 0.125. The second kappa shape index (κ2) is 7.32. The van der Waals surface area contributed by atoms with Gasteiger partial charge in [-0.1, -0.05) is 12.1 Å². The van der Waals surface area contributed by atoms with Crippen LogP contribution in [0.4, 0.5) is 10.2 Å². The van der Waals surface area contributed by atoms with Gasteiger partial charge in [0.2, 0.25) is 0 Å². The number of hydrogen-bond donors (Lipinski definition) is 2. The van der Waals surface area contributed by atoms with Crippen molar-refractivity contribution in [3.05, 3.63) is 66.2 Å². The predicted octanol–water partition coefficient (Wildman–Crippen LogP) is 1.64. The van der Waals surface area contributed by atoms with Crippen molar-refractivity contribution in [3.63, 3.8) is 0 Å². The third-order valence-corrected chi connectivity index (χ3v) is 3.22. The summed E-state index contributed by atoms with van der Waals surface area (Å²) in [5.41, 5.74) is 0.0286. The summed E-state index contributed by atoms with van der Waals surface area (Å²) in [5, 5.41) is 17.8. The molecule has 1 aromatic carbocycles. The minimum Gasteiger partial charge on any atom is -0.367 e. The van der Waals surface area contributed by atoms with E-state index in [1.807, 2.05) is 0 Å². The van der Waals surface area contributed by atoms with Crippen LogP contribution in [0, 0.1) is 5.82 Å². The van der Waals surface area contributed by atoms with Gasteiger partial charge < -0.3 is 10.6 Å². The monoisotopic (exact) mass is 326 g/mol. The molecule has 1 amide bonds. The Hall–Kier alpha value is -3.29. The minimum absolute atomic E-state index is 0.0286. The first kappa shape index (κ1) is 15.6. The molecule has 0 unspecified atom stereocenters. The lowest BCUT2D eigenvalue weighted by molar-refractivity contribution is 0.0951. The summed E-state index contributed by atoms with van der Waals surface area (Å²) < 4.78 is 15.1. The maximum Gasteiger partial charge on any atom is 0.254 e. The van der Waals surface area contributed by atoms with Gasteiger partial charge in [0.05, 0.1) is 5.56 Å². The van der Waals surface area contributed by atoms with Crippen LogP contribution in [-0.2, 0) is 0 Å². The smallest absolute Gasteiger partial charge is 0.254 e. The van der Waals surface area contributed by atoms with Gasteiger partial charge in [-0.3, -0.25) is 4.79 Å². The summed E-state index contributed by atoms with van der Waals surface area (Å²) in [4.78, 5) is 11.8. The summed E-state index contributed by atoms with van der Waals surface area (Å²) in [6, 6.07) is 11.2. The van der Waals surface area contributed by atoms with E-state index in [9.17, 15) is 9.18 Å². The topological polar surface area (TPSA) is 84.7 Å². The van der Waals surface area contributed by atoms with Crippen LogP contribution < -0.4 is 10.6 Å². The molecule has 2 aromatic heterocycles. The first-order valence-electron chi connectivity index (χ1n) is 7.34. The van der Waals surface area contributed by atoms with E-state index >= 15 is 0 Å². The standard InChI is InChI=1S/C16H15FN6O/c17-13-5-2-1-4-12(13)16(24)19-10-9-18-14-6-7-15(22-21-14)23-11-3-8-20-23/h1-8,11H,9-10H2,(H,18,21)(H,19,24). The number of nitrogens with zero attached hydrogens (tertiary/aromatic N) is 4. The minimum atomic E-state index is -0.539. The number of carbonyl (C=O) groups is 1. The number of anilines is 1. The van der Waals surface area contributed by atoms with Gasteiger partial charge in [0.15, 0.2) is 5.82 Å². The van der Waals surface area contributed by atoms with Crippen LogP contribution in [0.1, 0.15) is 10.4 Å². The van der Waals surface area contributed by atoms with Crippen molar-refractivity contribution in [1.82, 2.24) is 25.3 Å². The normalized spacial score (nSPS) is 10.4. The molecule has 0 aliphatic carbocycles. The lowest BCUT2D eigenvalue weighted by Crippen LogP contribution is -2.29. The number of benzene rings is 1. The Morgan fingerprint density at radius 3 is 2.67 bits per heavy atom. The lowest BCUT2D eigenvalue weighted by atomic mass is 10.2. The molecule has 3 aromatic rings. The van der Waals surface area contributed by atoms with Gasteiger partial charge in [-0.15, -0.1) is 10.2 Å². The Kier molecular flexibility index (Phi) is 4.76. The molecule has 0 fully saturated rings. The van der Waals surface area contributed by atoms with Crippen molar-refractivity contribution in [2.75, 3.05) is 18.4 Å². The van der Waals surface area contributed by atoms with E-state index in [0.717, 1.165) is 0 Å². The molecule has 0 saturated heterocycles. The highest BCUT2D eigenvalue weighted by Crippen LogP contribution is 2.06. The van der Waals surface area contributed by atoms with Crippen LogP contribution in [-0.4, -0.2) is 39.0 Å². The zero-order valence-corrected chi connectivity index (χ0v) is 12.7. The summed E-state index contributed by atoms with van der Waals surface area (Å²) in [7, 11) is 0. The number of amides is 1. The van der Waals surface area contributed by atoms with Crippen LogP contribution >= 0.6 is 0 Å². The molecule has 0 aliphatic heterocycles. The average Bonchev–Trinajstić information content (AvgIpc) is 3.14. The Labute approximate surface area is 137 Å². The highest BCUT2D eigenvalue weighted by Gasteiger charge is 2.09. The molecule has 24 heavy (non-hydrogen) atoms. The summed E-state index contributed by atoms with van der Waals surface area (Å²) >= 11 is 0. The second-order valence-electron chi connectivity index (χ2n) is 4.89. The predicted molar refractivity (Wildman–Crippen MR) is 86.4 cm³/mol.